The number of nitrogens with two attached hydrogens (primary N) is 1. The summed E-state index contributed by atoms with van der Waals surface area (Å²) in [5.41, 5.74) is 5.29. The number of aliphatic imine (C=N–C) groups is 1. The summed E-state index contributed by atoms with van der Waals surface area (Å²) >= 11 is 0. The van der Waals surface area contributed by atoms with Gasteiger partial charge in [0, 0.05) is 26.2 Å². The fourth-order valence-electron chi connectivity index (χ4n) is 1.08. The third-order valence-corrected chi connectivity index (χ3v) is 1.66. The SMILES string of the molecule is C/C(N)=N/C(=O)N1CCNCC1. The normalized spacial score (nSPS) is 19.4. The predicted molar refractivity (Wildman–Crippen MR) is 47.1 cm³/mol. The molecule has 5 heteroatoms. The quantitative estimate of drug-likeness (QED) is 0.376. The van der Waals surface area contributed by atoms with Gasteiger partial charge in [0.15, 0.2) is 0 Å². The fourth-order valence-corrected chi connectivity index (χ4v) is 1.08. The van der Waals surface area contributed by atoms with Crippen molar-refractivity contribution in [2.24, 2.45) is 10.7 Å². The van der Waals surface area contributed by atoms with Crippen molar-refractivity contribution in [2.75, 3.05) is 26.2 Å². The second-order valence-electron chi connectivity index (χ2n) is 2.77. The lowest BCUT2D eigenvalue weighted by Gasteiger charge is -2.25. The van der Waals surface area contributed by atoms with Crippen LogP contribution in [-0.4, -0.2) is 42.9 Å². The highest BCUT2D eigenvalue weighted by molar-refractivity contribution is 5.91. The van der Waals surface area contributed by atoms with Crippen LogP contribution in [0.1, 0.15) is 6.92 Å². The Morgan fingerprint density at radius 2 is 2.08 bits per heavy atom. The summed E-state index contributed by atoms with van der Waals surface area (Å²) in [4.78, 5) is 16.6. The molecule has 0 aromatic heterocycles. The molecule has 0 bridgehead atoms. The monoisotopic (exact) mass is 170 g/mol. The number of rotatable bonds is 0. The van der Waals surface area contributed by atoms with Gasteiger partial charge in [0.25, 0.3) is 0 Å². The van der Waals surface area contributed by atoms with Crippen LogP contribution in [0, 0.1) is 0 Å². The molecule has 0 aliphatic carbocycles. The first-order chi connectivity index (χ1) is 5.70. The third-order valence-electron chi connectivity index (χ3n) is 1.66. The summed E-state index contributed by atoms with van der Waals surface area (Å²) in [5, 5.41) is 3.15. The Bertz CT molecular complexity index is 192. The van der Waals surface area contributed by atoms with Gasteiger partial charge in [-0.05, 0) is 6.92 Å². The second-order valence-corrected chi connectivity index (χ2v) is 2.77. The van der Waals surface area contributed by atoms with Crippen LogP contribution in [0.3, 0.4) is 0 Å². The first-order valence-electron chi connectivity index (χ1n) is 4.00. The van der Waals surface area contributed by atoms with Crippen LogP contribution in [0.4, 0.5) is 4.79 Å². The molecule has 0 aromatic rings. The number of amides is 2. The summed E-state index contributed by atoms with van der Waals surface area (Å²) in [7, 11) is 0. The van der Waals surface area contributed by atoms with Gasteiger partial charge in [-0.25, -0.2) is 4.79 Å². The molecule has 0 atom stereocenters. The van der Waals surface area contributed by atoms with E-state index >= 15 is 0 Å². The van der Waals surface area contributed by atoms with E-state index in [0.717, 1.165) is 26.2 Å². The standard InChI is InChI=1S/C7H14N4O/c1-6(8)10-7(12)11-4-2-9-3-5-11/h9H,2-5H2,1H3,(H2,8,10,12). The number of nitrogens with one attached hydrogen (secondary N) is 1. The zero-order valence-electron chi connectivity index (χ0n) is 7.21. The number of piperazine rings is 1. The van der Waals surface area contributed by atoms with Gasteiger partial charge in [0.05, 0.1) is 0 Å². The molecule has 1 fully saturated rings. The van der Waals surface area contributed by atoms with Crippen LogP contribution in [0.25, 0.3) is 0 Å². The van der Waals surface area contributed by atoms with Crippen LogP contribution in [0.5, 0.6) is 0 Å². The Balaban J connectivity index is 2.45. The van der Waals surface area contributed by atoms with Crippen LogP contribution >= 0.6 is 0 Å². The average molecular weight is 170 g/mol. The number of urea groups is 1. The van der Waals surface area contributed by atoms with E-state index in [4.69, 9.17) is 5.73 Å². The van der Waals surface area contributed by atoms with Crippen molar-refractivity contribution >= 4 is 11.9 Å². The Labute approximate surface area is 71.6 Å². The summed E-state index contributed by atoms with van der Waals surface area (Å²) in [6.45, 7) is 4.72. The zero-order valence-corrected chi connectivity index (χ0v) is 7.21. The molecule has 0 radical (unpaired) electrons. The molecule has 0 spiro atoms. The minimum atomic E-state index is -0.225. The van der Waals surface area contributed by atoms with E-state index in [1.807, 2.05) is 0 Å². The Morgan fingerprint density at radius 1 is 1.50 bits per heavy atom. The van der Waals surface area contributed by atoms with Crippen molar-refractivity contribution in [1.29, 1.82) is 0 Å². The Kier molecular flexibility index (Phi) is 3.04. The van der Waals surface area contributed by atoms with Crippen molar-refractivity contribution in [3.8, 4) is 0 Å². The lowest BCUT2D eigenvalue weighted by atomic mass is 10.4. The molecule has 5 nitrogen and oxygen atoms in total. The number of hydrogen-bond acceptors (Lipinski definition) is 2. The van der Waals surface area contributed by atoms with Crippen molar-refractivity contribution in [3.05, 3.63) is 0 Å². The minimum absolute atomic E-state index is 0.225. The maximum Gasteiger partial charge on any atom is 0.345 e. The third kappa shape index (κ3) is 2.50. The average Bonchev–Trinajstić information content (AvgIpc) is 2.05. The van der Waals surface area contributed by atoms with Gasteiger partial charge in [0.1, 0.15) is 5.84 Å². The van der Waals surface area contributed by atoms with Gasteiger partial charge in [-0.15, -0.1) is 0 Å². The largest absolute Gasteiger partial charge is 0.387 e. The molecule has 0 unspecified atom stereocenters. The molecule has 1 saturated heterocycles. The van der Waals surface area contributed by atoms with E-state index in [2.05, 4.69) is 10.3 Å². The lowest BCUT2D eigenvalue weighted by molar-refractivity contribution is 0.200. The predicted octanol–water partition coefficient (Wildman–Crippen LogP) is -0.611. The molecule has 0 aromatic carbocycles. The molecular weight excluding hydrogens is 156 g/mol. The Morgan fingerprint density at radius 3 is 2.58 bits per heavy atom. The van der Waals surface area contributed by atoms with Crippen LogP contribution in [0.2, 0.25) is 0 Å². The topological polar surface area (TPSA) is 70.7 Å². The summed E-state index contributed by atoms with van der Waals surface area (Å²) in [6, 6.07) is -0.225. The molecule has 1 rings (SSSR count). The van der Waals surface area contributed by atoms with Gasteiger partial charge in [-0.1, -0.05) is 0 Å². The van der Waals surface area contributed by atoms with Crippen molar-refractivity contribution in [2.45, 2.75) is 6.92 Å². The maximum absolute atomic E-state index is 11.2. The molecular formula is C7H14N4O. The van der Waals surface area contributed by atoms with Gasteiger partial charge >= 0.3 is 6.03 Å². The van der Waals surface area contributed by atoms with Gasteiger partial charge in [0.2, 0.25) is 0 Å². The number of amidine groups is 1. The van der Waals surface area contributed by atoms with E-state index in [1.54, 1.807) is 11.8 Å². The molecule has 12 heavy (non-hydrogen) atoms. The van der Waals surface area contributed by atoms with E-state index in [0.29, 0.717) is 5.84 Å². The van der Waals surface area contributed by atoms with Crippen molar-refractivity contribution in [3.63, 3.8) is 0 Å². The van der Waals surface area contributed by atoms with Gasteiger partial charge in [-0.3, -0.25) is 0 Å². The molecule has 3 N–H and O–H groups in total. The van der Waals surface area contributed by atoms with Crippen molar-refractivity contribution < 1.29 is 4.79 Å². The fraction of sp³-hybridized carbons (Fsp3) is 0.714. The molecule has 1 heterocycles. The molecule has 1 aliphatic heterocycles. The highest BCUT2D eigenvalue weighted by atomic mass is 16.2. The first kappa shape index (κ1) is 8.99. The van der Waals surface area contributed by atoms with E-state index in [1.165, 1.54) is 0 Å². The zero-order chi connectivity index (χ0) is 8.97. The molecule has 68 valence electrons. The Hall–Kier alpha value is -1.10. The lowest BCUT2D eigenvalue weighted by Crippen LogP contribution is -2.45. The molecule has 0 saturated carbocycles. The molecule has 1 aliphatic rings. The van der Waals surface area contributed by atoms with Gasteiger partial charge < -0.3 is 16.0 Å². The van der Waals surface area contributed by atoms with Crippen molar-refractivity contribution in [1.82, 2.24) is 10.2 Å². The smallest absolute Gasteiger partial charge is 0.345 e. The number of nitrogens with zero attached hydrogens (tertiary/aromatic N) is 2. The maximum atomic E-state index is 11.2. The van der Waals surface area contributed by atoms with E-state index in [-0.39, 0.29) is 6.03 Å². The van der Waals surface area contributed by atoms with Crippen LogP contribution in [-0.2, 0) is 0 Å². The minimum Gasteiger partial charge on any atom is -0.387 e. The molecule has 2 amide bonds. The van der Waals surface area contributed by atoms with Gasteiger partial charge in [-0.2, -0.15) is 4.99 Å². The van der Waals surface area contributed by atoms with Crippen LogP contribution < -0.4 is 11.1 Å². The number of hydrogen-bond donors (Lipinski definition) is 2. The summed E-state index contributed by atoms with van der Waals surface area (Å²) in [6.07, 6.45) is 0. The first-order valence-corrected chi connectivity index (χ1v) is 4.00. The van der Waals surface area contributed by atoms with E-state index < -0.39 is 0 Å². The summed E-state index contributed by atoms with van der Waals surface area (Å²) < 4.78 is 0. The number of carbonyl (C=O) groups excluding carboxylic acids is 1. The van der Waals surface area contributed by atoms with E-state index in [9.17, 15) is 4.79 Å². The van der Waals surface area contributed by atoms with Crippen LogP contribution in [0.15, 0.2) is 4.99 Å². The number of carbonyl (C=O) groups is 1. The highest BCUT2D eigenvalue weighted by Gasteiger charge is 2.14. The highest BCUT2D eigenvalue weighted by Crippen LogP contribution is 1.95. The summed E-state index contributed by atoms with van der Waals surface area (Å²) in [5.74, 6) is 0.318. The second kappa shape index (κ2) is 4.06.